The number of piperazine rings is 1. The fraction of sp³-hybridized carbons (Fsp3) is 0.333. The Hall–Kier alpha value is -0.960. The minimum absolute atomic E-state index is 0.0347. The van der Waals surface area contributed by atoms with E-state index < -0.39 is 21.8 Å². The van der Waals surface area contributed by atoms with Gasteiger partial charge in [-0.3, -0.25) is 14.9 Å². The molecule has 9 heteroatoms. The fourth-order valence-electron chi connectivity index (χ4n) is 1.47. The van der Waals surface area contributed by atoms with E-state index in [0.717, 1.165) is 15.6 Å². The van der Waals surface area contributed by atoms with Gasteiger partial charge in [0.25, 0.3) is 10.0 Å². The van der Waals surface area contributed by atoms with Crippen molar-refractivity contribution >= 4 is 44.8 Å². The van der Waals surface area contributed by atoms with Crippen LogP contribution >= 0.6 is 22.9 Å². The van der Waals surface area contributed by atoms with Gasteiger partial charge in [-0.25, -0.2) is 8.42 Å². The van der Waals surface area contributed by atoms with Crippen molar-refractivity contribution < 1.29 is 18.0 Å². The first kappa shape index (κ1) is 13.5. The van der Waals surface area contributed by atoms with Crippen LogP contribution in [-0.4, -0.2) is 37.6 Å². The summed E-state index contributed by atoms with van der Waals surface area (Å²) in [6.45, 7) is 0.969. The molecule has 1 aliphatic rings. The van der Waals surface area contributed by atoms with Crippen molar-refractivity contribution in [2.75, 3.05) is 13.1 Å². The van der Waals surface area contributed by atoms with Gasteiger partial charge < -0.3 is 0 Å². The molecule has 1 fully saturated rings. The summed E-state index contributed by atoms with van der Waals surface area (Å²) in [5.74, 6) is -1.26. The number of carbonyl (C=O) groups excluding carboxylic acids is 2. The molecule has 1 aliphatic heterocycles. The highest BCUT2D eigenvalue weighted by Gasteiger charge is 2.34. The second kappa shape index (κ2) is 4.61. The van der Waals surface area contributed by atoms with E-state index in [1.165, 1.54) is 6.07 Å². The maximum Gasteiger partial charge on any atom is 0.253 e. The molecule has 1 aromatic rings. The normalized spacial score (nSPS) is 17.9. The van der Waals surface area contributed by atoms with E-state index >= 15 is 0 Å². The Labute approximate surface area is 113 Å². The quantitative estimate of drug-likeness (QED) is 0.800. The lowest BCUT2D eigenvalue weighted by molar-refractivity contribution is -0.134. The van der Waals surface area contributed by atoms with Gasteiger partial charge in [-0.2, -0.15) is 4.31 Å². The van der Waals surface area contributed by atoms with Crippen LogP contribution in [0.25, 0.3) is 0 Å². The number of sulfonamides is 1. The largest absolute Gasteiger partial charge is 0.294 e. The van der Waals surface area contributed by atoms with Crippen LogP contribution in [-0.2, 0) is 19.6 Å². The number of aryl methyl sites for hydroxylation is 1. The minimum Gasteiger partial charge on any atom is -0.294 e. The van der Waals surface area contributed by atoms with Crippen LogP contribution in [0.15, 0.2) is 10.3 Å². The average Bonchev–Trinajstić information content (AvgIpc) is 2.58. The van der Waals surface area contributed by atoms with E-state index in [1.807, 2.05) is 5.32 Å². The highest BCUT2D eigenvalue weighted by molar-refractivity contribution is 7.91. The van der Waals surface area contributed by atoms with Crippen LogP contribution in [0, 0.1) is 6.92 Å². The molecule has 0 aliphatic carbocycles. The average molecular weight is 309 g/mol. The standard InChI is InChI=1S/C9H9ClN2O4S2/c1-5-2-8(17-9(5)10)18(15,16)12-3-6(13)11-7(14)4-12/h2H,3-4H2,1H3,(H,11,13,14). The van der Waals surface area contributed by atoms with Crippen molar-refractivity contribution in [2.45, 2.75) is 11.1 Å². The molecule has 0 radical (unpaired) electrons. The Balaban J connectivity index is 2.36. The molecule has 1 aromatic heterocycles. The Morgan fingerprint density at radius 2 is 1.89 bits per heavy atom. The molecule has 2 rings (SSSR count). The topological polar surface area (TPSA) is 83.6 Å². The molecule has 1 saturated heterocycles. The van der Waals surface area contributed by atoms with Gasteiger partial charge in [0.2, 0.25) is 11.8 Å². The molecule has 0 unspecified atom stereocenters. The summed E-state index contributed by atoms with van der Waals surface area (Å²) in [6, 6.07) is 1.43. The Morgan fingerprint density at radius 3 is 2.33 bits per heavy atom. The molecule has 98 valence electrons. The smallest absolute Gasteiger partial charge is 0.253 e. The maximum absolute atomic E-state index is 12.2. The monoisotopic (exact) mass is 308 g/mol. The predicted octanol–water partition coefficient (Wildman–Crippen LogP) is 0.357. The third kappa shape index (κ3) is 2.41. The van der Waals surface area contributed by atoms with E-state index in [9.17, 15) is 18.0 Å². The summed E-state index contributed by atoms with van der Waals surface area (Å²) >= 11 is 6.73. The highest BCUT2D eigenvalue weighted by Crippen LogP contribution is 2.32. The number of nitrogens with zero attached hydrogens (tertiary/aromatic N) is 1. The first-order chi connectivity index (χ1) is 8.30. The summed E-state index contributed by atoms with van der Waals surface area (Å²) < 4.78 is 25.6. The lowest BCUT2D eigenvalue weighted by atomic mass is 10.4. The molecule has 6 nitrogen and oxygen atoms in total. The number of halogens is 1. The summed E-state index contributed by atoms with van der Waals surface area (Å²) in [7, 11) is -3.84. The molecule has 1 N–H and O–H groups in total. The zero-order chi connectivity index (χ0) is 13.5. The van der Waals surface area contributed by atoms with Crippen molar-refractivity contribution in [3.8, 4) is 0 Å². The number of thiophene rings is 1. The molecular formula is C9H9ClN2O4S2. The molecule has 2 amide bonds. The van der Waals surface area contributed by atoms with Gasteiger partial charge in [0, 0.05) is 0 Å². The van der Waals surface area contributed by atoms with E-state index in [1.54, 1.807) is 6.92 Å². The highest BCUT2D eigenvalue weighted by atomic mass is 35.5. The molecule has 0 atom stereocenters. The summed E-state index contributed by atoms with van der Waals surface area (Å²) in [6.07, 6.45) is 0. The number of imide groups is 1. The lowest BCUT2D eigenvalue weighted by Crippen LogP contribution is -2.53. The van der Waals surface area contributed by atoms with E-state index in [0.29, 0.717) is 9.90 Å². The van der Waals surface area contributed by atoms with Gasteiger partial charge >= 0.3 is 0 Å². The van der Waals surface area contributed by atoms with Gasteiger partial charge in [0.05, 0.1) is 17.4 Å². The number of carbonyl (C=O) groups is 2. The van der Waals surface area contributed by atoms with Crippen LogP contribution in [0.4, 0.5) is 0 Å². The maximum atomic E-state index is 12.2. The fourth-order valence-corrected chi connectivity index (χ4v) is 4.68. The van der Waals surface area contributed by atoms with Crippen LogP contribution in [0.1, 0.15) is 5.56 Å². The van der Waals surface area contributed by atoms with Crippen molar-refractivity contribution in [2.24, 2.45) is 0 Å². The minimum atomic E-state index is -3.84. The molecule has 0 bridgehead atoms. The van der Waals surface area contributed by atoms with Crippen molar-refractivity contribution in [3.05, 3.63) is 16.0 Å². The van der Waals surface area contributed by atoms with Crippen molar-refractivity contribution in [3.63, 3.8) is 0 Å². The van der Waals surface area contributed by atoms with Crippen molar-refractivity contribution in [1.29, 1.82) is 0 Å². The molecule has 0 saturated carbocycles. The van der Waals surface area contributed by atoms with Crippen LogP contribution in [0.3, 0.4) is 0 Å². The Morgan fingerprint density at radius 1 is 1.33 bits per heavy atom. The number of hydrogen-bond donors (Lipinski definition) is 1. The van der Waals surface area contributed by atoms with Crippen LogP contribution in [0.5, 0.6) is 0 Å². The van der Waals surface area contributed by atoms with Crippen molar-refractivity contribution in [1.82, 2.24) is 9.62 Å². The van der Waals surface area contributed by atoms with Gasteiger partial charge in [-0.15, -0.1) is 11.3 Å². The second-order valence-corrected chi connectivity index (χ2v) is 7.59. The zero-order valence-corrected chi connectivity index (χ0v) is 11.7. The SMILES string of the molecule is Cc1cc(S(=O)(=O)N2CC(=O)NC(=O)C2)sc1Cl. The lowest BCUT2D eigenvalue weighted by Gasteiger charge is -2.23. The molecule has 18 heavy (non-hydrogen) atoms. The molecule has 0 spiro atoms. The molecule has 0 aromatic carbocycles. The van der Waals surface area contributed by atoms with Gasteiger partial charge in [0.1, 0.15) is 4.21 Å². The van der Waals surface area contributed by atoms with Gasteiger partial charge in [-0.1, -0.05) is 11.6 Å². The molecule has 2 heterocycles. The zero-order valence-electron chi connectivity index (χ0n) is 9.27. The third-order valence-corrected chi connectivity index (χ3v) is 6.14. The molecular weight excluding hydrogens is 300 g/mol. The summed E-state index contributed by atoms with van der Waals surface area (Å²) in [5.41, 5.74) is 0.646. The number of hydrogen-bond acceptors (Lipinski definition) is 5. The predicted molar refractivity (Wildman–Crippen MR) is 66.0 cm³/mol. The Bertz CT molecular complexity index is 587. The third-order valence-electron chi connectivity index (χ3n) is 2.35. The first-order valence-electron chi connectivity index (χ1n) is 4.89. The van der Waals surface area contributed by atoms with Crippen LogP contribution < -0.4 is 5.32 Å². The number of amides is 2. The van der Waals surface area contributed by atoms with E-state index in [2.05, 4.69) is 0 Å². The van der Waals surface area contributed by atoms with E-state index in [4.69, 9.17) is 11.6 Å². The van der Waals surface area contributed by atoms with Gasteiger partial charge in [-0.05, 0) is 18.6 Å². The summed E-state index contributed by atoms with van der Waals surface area (Å²) in [5, 5.41) is 2.04. The Kier molecular flexibility index (Phi) is 3.45. The first-order valence-corrected chi connectivity index (χ1v) is 7.53. The number of nitrogens with one attached hydrogen (secondary N) is 1. The second-order valence-electron chi connectivity index (χ2n) is 3.77. The van der Waals surface area contributed by atoms with Gasteiger partial charge in [0.15, 0.2) is 0 Å². The van der Waals surface area contributed by atoms with Crippen LogP contribution in [0.2, 0.25) is 4.34 Å². The summed E-state index contributed by atoms with van der Waals surface area (Å²) in [4.78, 5) is 22.3. The number of rotatable bonds is 2. The van der Waals surface area contributed by atoms with E-state index in [-0.39, 0.29) is 17.3 Å².